The third-order valence-corrected chi connectivity index (χ3v) is 3.63. The van der Waals surface area contributed by atoms with Gasteiger partial charge in [-0.1, -0.05) is 0 Å². The Labute approximate surface area is 105 Å². The molecule has 2 rings (SSSR count). The van der Waals surface area contributed by atoms with Crippen LogP contribution in [0.4, 0.5) is 5.69 Å². The molecule has 0 aromatic carbocycles. The normalized spacial score (nSPS) is 10.8. The number of nitrogens with one attached hydrogen (secondary N) is 1. The van der Waals surface area contributed by atoms with E-state index in [9.17, 15) is 10.1 Å². The van der Waals surface area contributed by atoms with Crippen molar-refractivity contribution in [3.05, 3.63) is 31.7 Å². The standard InChI is InChI=1S/C9H10BrN5O2/c1-4-7(10)6(3)14(13-4)9-8(15(16)17)5(2)11-12-9/h1-3H3,(H,11,12). The van der Waals surface area contributed by atoms with Crippen LogP contribution in [0.5, 0.6) is 0 Å². The fraction of sp³-hybridized carbons (Fsp3) is 0.333. The maximum atomic E-state index is 11.0. The number of rotatable bonds is 2. The smallest absolute Gasteiger partial charge is 0.273 e. The number of H-pyrrole nitrogens is 1. The molecule has 0 fully saturated rings. The van der Waals surface area contributed by atoms with Crippen LogP contribution in [0.2, 0.25) is 0 Å². The molecule has 2 aromatic rings. The number of aromatic nitrogens is 4. The Morgan fingerprint density at radius 1 is 1.41 bits per heavy atom. The molecule has 0 saturated carbocycles. The first kappa shape index (κ1) is 11.8. The Morgan fingerprint density at radius 3 is 2.53 bits per heavy atom. The quantitative estimate of drug-likeness (QED) is 0.680. The van der Waals surface area contributed by atoms with Crippen molar-refractivity contribution in [2.45, 2.75) is 20.8 Å². The second-order valence-corrected chi connectivity index (χ2v) is 4.47. The van der Waals surface area contributed by atoms with Crippen LogP contribution in [0.25, 0.3) is 5.82 Å². The van der Waals surface area contributed by atoms with Gasteiger partial charge >= 0.3 is 5.69 Å². The number of hydrogen-bond donors (Lipinski definition) is 1. The molecule has 0 spiro atoms. The van der Waals surface area contributed by atoms with E-state index < -0.39 is 4.92 Å². The first-order valence-electron chi connectivity index (χ1n) is 4.85. The molecule has 2 heterocycles. The molecule has 8 heteroatoms. The molecule has 0 unspecified atom stereocenters. The van der Waals surface area contributed by atoms with Crippen molar-refractivity contribution in [2.75, 3.05) is 0 Å². The minimum Gasteiger partial charge on any atom is -0.273 e. The van der Waals surface area contributed by atoms with Gasteiger partial charge in [0.15, 0.2) is 0 Å². The number of nitro groups is 1. The zero-order chi connectivity index (χ0) is 12.7. The van der Waals surface area contributed by atoms with E-state index >= 15 is 0 Å². The molecular weight excluding hydrogens is 290 g/mol. The third-order valence-electron chi connectivity index (χ3n) is 2.48. The van der Waals surface area contributed by atoms with Crippen LogP contribution < -0.4 is 0 Å². The Morgan fingerprint density at radius 2 is 2.06 bits per heavy atom. The van der Waals surface area contributed by atoms with Gasteiger partial charge in [-0.15, -0.1) is 5.10 Å². The lowest BCUT2D eigenvalue weighted by Crippen LogP contribution is -2.03. The molecule has 0 radical (unpaired) electrons. The third kappa shape index (κ3) is 1.74. The summed E-state index contributed by atoms with van der Waals surface area (Å²) in [5.41, 5.74) is 1.89. The van der Waals surface area contributed by atoms with Gasteiger partial charge in [-0.2, -0.15) is 5.10 Å². The van der Waals surface area contributed by atoms with Crippen LogP contribution in [0.15, 0.2) is 4.47 Å². The zero-order valence-corrected chi connectivity index (χ0v) is 11.1. The van der Waals surface area contributed by atoms with Gasteiger partial charge in [-0.05, 0) is 36.7 Å². The Bertz CT molecular complexity index is 601. The van der Waals surface area contributed by atoms with Gasteiger partial charge in [-0.25, -0.2) is 4.68 Å². The first-order valence-corrected chi connectivity index (χ1v) is 5.64. The van der Waals surface area contributed by atoms with E-state index in [4.69, 9.17) is 0 Å². The first-order chi connectivity index (χ1) is 7.93. The number of halogens is 1. The summed E-state index contributed by atoms with van der Waals surface area (Å²) in [6, 6.07) is 0. The number of aromatic amines is 1. The lowest BCUT2D eigenvalue weighted by molar-refractivity contribution is -0.385. The molecule has 90 valence electrons. The second kappa shape index (κ2) is 3.95. The molecule has 1 N–H and O–H groups in total. The molecular formula is C9H10BrN5O2. The van der Waals surface area contributed by atoms with Gasteiger partial charge in [0.2, 0.25) is 0 Å². The minimum atomic E-state index is -0.460. The topological polar surface area (TPSA) is 89.6 Å². The van der Waals surface area contributed by atoms with Gasteiger partial charge in [0.05, 0.1) is 20.8 Å². The van der Waals surface area contributed by atoms with E-state index in [0.717, 1.165) is 15.9 Å². The maximum Gasteiger partial charge on any atom is 0.335 e. The maximum absolute atomic E-state index is 11.0. The average molecular weight is 300 g/mol. The van der Waals surface area contributed by atoms with Crippen molar-refractivity contribution in [1.29, 1.82) is 0 Å². The number of nitrogens with zero attached hydrogens (tertiary/aromatic N) is 4. The highest BCUT2D eigenvalue weighted by Crippen LogP contribution is 2.28. The largest absolute Gasteiger partial charge is 0.335 e. The van der Waals surface area contributed by atoms with E-state index in [0.29, 0.717) is 5.69 Å². The monoisotopic (exact) mass is 299 g/mol. The molecule has 2 aromatic heterocycles. The van der Waals surface area contributed by atoms with Crippen LogP contribution >= 0.6 is 15.9 Å². The zero-order valence-electron chi connectivity index (χ0n) is 9.48. The molecule has 7 nitrogen and oxygen atoms in total. The van der Waals surface area contributed by atoms with Crippen molar-refractivity contribution in [2.24, 2.45) is 0 Å². The van der Waals surface area contributed by atoms with E-state index in [1.165, 1.54) is 4.68 Å². The van der Waals surface area contributed by atoms with Crippen LogP contribution in [0, 0.1) is 30.9 Å². The summed E-state index contributed by atoms with van der Waals surface area (Å²) in [4.78, 5) is 10.5. The van der Waals surface area contributed by atoms with Crippen LogP contribution in [0.3, 0.4) is 0 Å². The summed E-state index contributed by atoms with van der Waals surface area (Å²) in [5, 5.41) is 21.7. The molecule has 0 bridgehead atoms. The fourth-order valence-electron chi connectivity index (χ4n) is 1.61. The molecule has 0 amide bonds. The second-order valence-electron chi connectivity index (χ2n) is 3.67. The van der Waals surface area contributed by atoms with Crippen molar-refractivity contribution < 1.29 is 4.92 Å². The molecule has 17 heavy (non-hydrogen) atoms. The summed E-state index contributed by atoms with van der Waals surface area (Å²) < 4.78 is 2.29. The van der Waals surface area contributed by atoms with Crippen LogP contribution in [-0.2, 0) is 0 Å². The van der Waals surface area contributed by atoms with Crippen LogP contribution in [-0.4, -0.2) is 24.9 Å². The lowest BCUT2D eigenvalue weighted by atomic mass is 10.3. The summed E-state index contributed by atoms with van der Waals surface area (Å²) in [6.45, 7) is 5.24. The lowest BCUT2D eigenvalue weighted by Gasteiger charge is -1.99. The Hall–Kier alpha value is -1.70. The SMILES string of the molecule is Cc1nn(-c2n[nH]c(C)c2[N+](=O)[O-])c(C)c1Br. The Kier molecular flexibility index (Phi) is 2.74. The molecule has 0 atom stereocenters. The predicted molar refractivity (Wildman–Crippen MR) is 64.3 cm³/mol. The van der Waals surface area contributed by atoms with Crippen LogP contribution in [0.1, 0.15) is 17.1 Å². The van der Waals surface area contributed by atoms with E-state index in [-0.39, 0.29) is 11.5 Å². The van der Waals surface area contributed by atoms with Gasteiger partial charge in [0, 0.05) is 0 Å². The van der Waals surface area contributed by atoms with Crippen molar-refractivity contribution in [3.8, 4) is 5.82 Å². The van der Waals surface area contributed by atoms with E-state index in [1.807, 2.05) is 13.8 Å². The summed E-state index contributed by atoms with van der Waals surface area (Å²) in [5.74, 6) is 0.207. The number of aryl methyl sites for hydroxylation is 2. The predicted octanol–water partition coefficient (Wildman–Crippen LogP) is 2.19. The molecule has 0 aliphatic carbocycles. The molecule has 0 aliphatic heterocycles. The molecule has 0 aliphatic rings. The fourth-order valence-corrected chi connectivity index (χ4v) is 1.85. The average Bonchev–Trinajstić information content (AvgIpc) is 2.74. The summed E-state index contributed by atoms with van der Waals surface area (Å²) >= 11 is 3.37. The van der Waals surface area contributed by atoms with Crippen molar-refractivity contribution in [3.63, 3.8) is 0 Å². The van der Waals surface area contributed by atoms with E-state index in [1.54, 1.807) is 6.92 Å². The Balaban J connectivity index is 2.69. The number of hydrogen-bond acceptors (Lipinski definition) is 4. The van der Waals surface area contributed by atoms with Gasteiger partial charge in [0.25, 0.3) is 5.82 Å². The van der Waals surface area contributed by atoms with Gasteiger partial charge in [-0.3, -0.25) is 15.2 Å². The van der Waals surface area contributed by atoms with Gasteiger partial charge < -0.3 is 0 Å². The summed E-state index contributed by atoms with van der Waals surface area (Å²) in [7, 11) is 0. The highest BCUT2D eigenvalue weighted by molar-refractivity contribution is 9.10. The highest BCUT2D eigenvalue weighted by atomic mass is 79.9. The summed E-state index contributed by atoms with van der Waals surface area (Å²) in [6.07, 6.45) is 0. The molecule has 0 saturated heterocycles. The van der Waals surface area contributed by atoms with Crippen molar-refractivity contribution in [1.82, 2.24) is 20.0 Å². The van der Waals surface area contributed by atoms with E-state index in [2.05, 4.69) is 31.2 Å². The van der Waals surface area contributed by atoms with Gasteiger partial charge in [0.1, 0.15) is 5.69 Å². The minimum absolute atomic E-state index is 0.0527. The van der Waals surface area contributed by atoms with Crippen molar-refractivity contribution >= 4 is 21.6 Å². The highest BCUT2D eigenvalue weighted by Gasteiger charge is 2.25.